The van der Waals surface area contributed by atoms with Gasteiger partial charge in [0, 0.05) is 29.6 Å². The van der Waals surface area contributed by atoms with Crippen LogP contribution in [0.2, 0.25) is 10.0 Å². The normalized spacial score (nSPS) is 10.5. The lowest BCUT2D eigenvalue weighted by atomic mass is 10.1. The highest BCUT2D eigenvalue weighted by Crippen LogP contribution is 2.11. The van der Waals surface area contributed by atoms with E-state index < -0.39 is 0 Å². The van der Waals surface area contributed by atoms with E-state index in [0.717, 1.165) is 23.6 Å². The smallest absolute Gasteiger partial charge is 0.221 e. The molecule has 2 aromatic carbocycles. The molecule has 23 heavy (non-hydrogen) atoms. The summed E-state index contributed by atoms with van der Waals surface area (Å²) in [5.41, 5.74) is 2.23. The summed E-state index contributed by atoms with van der Waals surface area (Å²) in [5.74, 6) is 0.0372. The third kappa shape index (κ3) is 7.04. The summed E-state index contributed by atoms with van der Waals surface area (Å²) in [6, 6.07) is 15.3. The molecule has 0 aromatic heterocycles. The average Bonchev–Trinajstić information content (AvgIpc) is 2.54. The van der Waals surface area contributed by atoms with Crippen molar-refractivity contribution in [2.45, 2.75) is 19.4 Å². The summed E-state index contributed by atoms with van der Waals surface area (Å²) < 4.78 is 0. The summed E-state index contributed by atoms with van der Waals surface area (Å²) in [6.45, 7) is 2.01. The first-order valence-corrected chi connectivity index (χ1v) is 8.35. The van der Waals surface area contributed by atoms with Gasteiger partial charge in [0.15, 0.2) is 0 Å². The molecule has 0 radical (unpaired) electrons. The number of halogens is 2. The van der Waals surface area contributed by atoms with Crippen molar-refractivity contribution in [1.29, 1.82) is 0 Å². The molecule has 0 fully saturated rings. The Kier molecular flexibility index (Phi) is 7.40. The van der Waals surface area contributed by atoms with Crippen molar-refractivity contribution in [3.05, 3.63) is 69.7 Å². The molecule has 3 nitrogen and oxygen atoms in total. The second-order valence-electron chi connectivity index (χ2n) is 5.28. The van der Waals surface area contributed by atoms with Gasteiger partial charge in [0.25, 0.3) is 0 Å². The molecule has 122 valence electrons. The van der Waals surface area contributed by atoms with Crippen LogP contribution in [-0.4, -0.2) is 19.0 Å². The Labute approximate surface area is 147 Å². The van der Waals surface area contributed by atoms with Gasteiger partial charge >= 0.3 is 0 Å². The van der Waals surface area contributed by atoms with Crippen LogP contribution in [0.25, 0.3) is 0 Å². The van der Waals surface area contributed by atoms with Gasteiger partial charge in [-0.2, -0.15) is 0 Å². The van der Waals surface area contributed by atoms with Gasteiger partial charge in [0.2, 0.25) is 5.91 Å². The van der Waals surface area contributed by atoms with Gasteiger partial charge in [0.1, 0.15) is 0 Å². The van der Waals surface area contributed by atoms with Gasteiger partial charge in [-0.05, 0) is 48.4 Å². The largest absolute Gasteiger partial charge is 0.352 e. The van der Waals surface area contributed by atoms with Crippen molar-refractivity contribution in [2.24, 2.45) is 0 Å². The molecule has 0 aliphatic carbocycles. The number of nitrogens with one attached hydrogen (secondary N) is 2. The summed E-state index contributed by atoms with van der Waals surface area (Å²) in [4.78, 5) is 11.8. The maximum atomic E-state index is 11.8. The fraction of sp³-hybridized carbons (Fsp3) is 0.278. The van der Waals surface area contributed by atoms with E-state index in [2.05, 4.69) is 10.6 Å². The Morgan fingerprint density at radius 2 is 1.70 bits per heavy atom. The first-order chi connectivity index (χ1) is 11.1. The monoisotopic (exact) mass is 350 g/mol. The molecule has 0 aliphatic heterocycles. The molecule has 0 heterocycles. The van der Waals surface area contributed by atoms with Crippen LogP contribution < -0.4 is 10.6 Å². The zero-order valence-electron chi connectivity index (χ0n) is 12.8. The minimum absolute atomic E-state index is 0.0372. The van der Waals surface area contributed by atoms with E-state index in [4.69, 9.17) is 23.2 Å². The van der Waals surface area contributed by atoms with E-state index >= 15 is 0 Å². The summed E-state index contributed by atoms with van der Waals surface area (Å²) >= 11 is 11.8. The maximum Gasteiger partial charge on any atom is 0.221 e. The van der Waals surface area contributed by atoms with Crippen molar-refractivity contribution < 1.29 is 4.79 Å². The minimum atomic E-state index is 0.0372. The van der Waals surface area contributed by atoms with Crippen LogP contribution in [0.3, 0.4) is 0 Å². The first kappa shape index (κ1) is 17.8. The molecule has 0 aliphatic rings. The Bertz CT molecular complexity index is 629. The van der Waals surface area contributed by atoms with Gasteiger partial charge < -0.3 is 10.6 Å². The van der Waals surface area contributed by atoms with Gasteiger partial charge in [0.05, 0.1) is 0 Å². The lowest BCUT2D eigenvalue weighted by Crippen LogP contribution is -2.28. The van der Waals surface area contributed by atoms with E-state index in [-0.39, 0.29) is 5.91 Å². The van der Waals surface area contributed by atoms with E-state index in [9.17, 15) is 4.79 Å². The average molecular weight is 351 g/mol. The van der Waals surface area contributed by atoms with E-state index in [1.807, 2.05) is 48.5 Å². The zero-order valence-corrected chi connectivity index (χ0v) is 14.3. The Morgan fingerprint density at radius 1 is 0.913 bits per heavy atom. The molecule has 2 rings (SSSR count). The molecule has 0 bridgehead atoms. The van der Waals surface area contributed by atoms with E-state index in [1.54, 1.807) is 0 Å². The van der Waals surface area contributed by atoms with Crippen molar-refractivity contribution >= 4 is 29.1 Å². The zero-order chi connectivity index (χ0) is 16.5. The number of carbonyl (C=O) groups excluding carboxylic acids is 1. The number of benzene rings is 2. The SMILES string of the molecule is O=C(CCNCCc1cccc(Cl)c1)NCc1ccc(Cl)cc1. The highest BCUT2D eigenvalue weighted by atomic mass is 35.5. The molecule has 0 spiro atoms. The number of hydrogen-bond acceptors (Lipinski definition) is 2. The van der Waals surface area contributed by atoms with Crippen molar-refractivity contribution in [1.82, 2.24) is 10.6 Å². The fourth-order valence-corrected chi connectivity index (χ4v) is 2.48. The molecule has 2 aromatic rings. The van der Waals surface area contributed by atoms with Gasteiger partial charge in [-0.25, -0.2) is 0 Å². The molecule has 1 amide bonds. The van der Waals surface area contributed by atoms with Crippen LogP contribution in [0, 0.1) is 0 Å². The predicted molar refractivity (Wildman–Crippen MR) is 95.9 cm³/mol. The van der Waals surface area contributed by atoms with Crippen LogP contribution in [-0.2, 0) is 17.8 Å². The quantitative estimate of drug-likeness (QED) is 0.710. The van der Waals surface area contributed by atoms with Crippen LogP contribution in [0.1, 0.15) is 17.5 Å². The fourth-order valence-electron chi connectivity index (χ4n) is 2.14. The highest BCUT2D eigenvalue weighted by molar-refractivity contribution is 6.30. The minimum Gasteiger partial charge on any atom is -0.352 e. The molecule has 0 unspecified atom stereocenters. The third-order valence-electron chi connectivity index (χ3n) is 3.41. The molecule has 2 N–H and O–H groups in total. The lowest BCUT2D eigenvalue weighted by molar-refractivity contribution is -0.121. The first-order valence-electron chi connectivity index (χ1n) is 7.60. The van der Waals surface area contributed by atoms with Crippen molar-refractivity contribution in [2.75, 3.05) is 13.1 Å². The van der Waals surface area contributed by atoms with Crippen molar-refractivity contribution in [3.8, 4) is 0 Å². The second kappa shape index (κ2) is 9.56. The molecule has 0 atom stereocenters. The molecular weight excluding hydrogens is 331 g/mol. The summed E-state index contributed by atoms with van der Waals surface area (Å²) in [5, 5.41) is 7.62. The van der Waals surface area contributed by atoms with Gasteiger partial charge in [-0.15, -0.1) is 0 Å². The Morgan fingerprint density at radius 3 is 2.43 bits per heavy atom. The Balaban J connectivity index is 1.57. The predicted octanol–water partition coefficient (Wildman–Crippen LogP) is 3.83. The molecule has 0 saturated heterocycles. The molecular formula is C18H20Cl2N2O. The summed E-state index contributed by atoms with van der Waals surface area (Å²) in [7, 11) is 0. The van der Waals surface area contributed by atoms with Crippen LogP contribution in [0.15, 0.2) is 48.5 Å². The number of carbonyl (C=O) groups is 1. The second-order valence-corrected chi connectivity index (χ2v) is 6.16. The van der Waals surface area contributed by atoms with E-state index in [1.165, 1.54) is 5.56 Å². The van der Waals surface area contributed by atoms with Gasteiger partial charge in [-0.3, -0.25) is 4.79 Å². The van der Waals surface area contributed by atoms with E-state index in [0.29, 0.717) is 24.5 Å². The Hall–Kier alpha value is -1.55. The van der Waals surface area contributed by atoms with Gasteiger partial charge in [-0.1, -0.05) is 47.5 Å². The standard InChI is InChI=1S/C18H20Cl2N2O/c19-16-6-4-15(5-7-16)13-22-18(23)9-11-21-10-8-14-2-1-3-17(20)12-14/h1-7,12,21H,8-11,13H2,(H,22,23). The highest BCUT2D eigenvalue weighted by Gasteiger charge is 2.01. The number of amides is 1. The topological polar surface area (TPSA) is 41.1 Å². The van der Waals surface area contributed by atoms with Crippen molar-refractivity contribution in [3.63, 3.8) is 0 Å². The third-order valence-corrected chi connectivity index (χ3v) is 3.90. The summed E-state index contributed by atoms with van der Waals surface area (Å²) in [6.07, 6.45) is 1.36. The van der Waals surface area contributed by atoms with Crippen LogP contribution >= 0.6 is 23.2 Å². The number of rotatable bonds is 8. The molecule has 5 heteroatoms. The molecule has 0 saturated carbocycles. The van der Waals surface area contributed by atoms with Crippen LogP contribution in [0.4, 0.5) is 0 Å². The van der Waals surface area contributed by atoms with Crippen LogP contribution in [0.5, 0.6) is 0 Å². The number of hydrogen-bond donors (Lipinski definition) is 2. The lowest BCUT2D eigenvalue weighted by Gasteiger charge is -2.07. The maximum absolute atomic E-state index is 11.8.